The Balaban J connectivity index is 2.18. The van der Waals surface area contributed by atoms with Crippen LogP contribution in [0.15, 0.2) is 10.7 Å². The van der Waals surface area contributed by atoms with Crippen molar-refractivity contribution in [2.75, 3.05) is 19.6 Å². The summed E-state index contributed by atoms with van der Waals surface area (Å²) in [7, 11) is 1.78. The number of carbonyl (C=O) groups excluding carboxylic acids is 1. The second-order valence-corrected chi connectivity index (χ2v) is 4.93. The van der Waals surface area contributed by atoms with E-state index >= 15 is 0 Å². The number of hydrogen-bond donors (Lipinski definition) is 1. The lowest BCUT2D eigenvalue weighted by atomic mass is 10.2. The molecule has 6 heteroatoms. The van der Waals surface area contributed by atoms with Gasteiger partial charge in [0.1, 0.15) is 5.69 Å². The van der Waals surface area contributed by atoms with Crippen LogP contribution < -0.4 is 5.32 Å². The van der Waals surface area contributed by atoms with Crippen molar-refractivity contribution in [3.8, 4) is 0 Å². The molecule has 1 aliphatic heterocycles. The predicted octanol–water partition coefficient (Wildman–Crippen LogP) is 0.616. The number of amides is 1. The molecule has 0 unspecified atom stereocenters. The average molecular weight is 287 g/mol. The van der Waals surface area contributed by atoms with Gasteiger partial charge >= 0.3 is 0 Å². The molecule has 0 aromatic carbocycles. The van der Waals surface area contributed by atoms with Crippen LogP contribution in [0.4, 0.5) is 0 Å². The van der Waals surface area contributed by atoms with Gasteiger partial charge in [-0.2, -0.15) is 5.10 Å². The van der Waals surface area contributed by atoms with Crippen LogP contribution in [-0.4, -0.2) is 46.3 Å². The first kappa shape index (κ1) is 11.6. The van der Waals surface area contributed by atoms with Crippen molar-refractivity contribution in [2.45, 2.75) is 13.0 Å². The molecule has 1 N–H and O–H groups in total. The van der Waals surface area contributed by atoms with E-state index in [0.29, 0.717) is 11.7 Å². The van der Waals surface area contributed by atoms with Crippen molar-refractivity contribution in [3.63, 3.8) is 0 Å². The number of aromatic nitrogens is 2. The molecule has 5 nitrogen and oxygen atoms in total. The van der Waals surface area contributed by atoms with Crippen LogP contribution in [0.25, 0.3) is 0 Å². The molecular formula is C10H15BrN4O. The highest BCUT2D eigenvalue weighted by Gasteiger charge is 2.25. The summed E-state index contributed by atoms with van der Waals surface area (Å²) in [5.41, 5.74) is 0.620. The first-order valence-corrected chi connectivity index (χ1v) is 6.09. The van der Waals surface area contributed by atoms with Gasteiger partial charge in [-0.1, -0.05) is 0 Å². The van der Waals surface area contributed by atoms with Crippen LogP contribution in [0.5, 0.6) is 0 Å². The lowest BCUT2D eigenvalue weighted by Gasteiger charge is -2.31. The van der Waals surface area contributed by atoms with Crippen LogP contribution in [0, 0.1) is 0 Å². The van der Waals surface area contributed by atoms with Gasteiger partial charge in [0.2, 0.25) is 0 Å². The third-order valence-corrected chi connectivity index (χ3v) is 3.33. The third kappa shape index (κ3) is 2.12. The summed E-state index contributed by atoms with van der Waals surface area (Å²) in [4.78, 5) is 14.1. The van der Waals surface area contributed by atoms with E-state index in [0.717, 1.165) is 24.1 Å². The van der Waals surface area contributed by atoms with Gasteiger partial charge in [-0.3, -0.25) is 9.48 Å². The SMILES string of the molecule is C[C@H]1CN(C(=O)c2c(Br)cnn2C)CCN1. The Morgan fingerprint density at radius 3 is 3.00 bits per heavy atom. The second-order valence-electron chi connectivity index (χ2n) is 4.07. The number of nitrogens with zero attached hydrogens (tertiary/aromatic N) is 3. The minimum Gasteiger partial charge on any atom is -0.334 e. The van der Waals surface area contributed by atoms with Gasteiger partial charge in [0.05, 0.1) is 10.7 Å². The third-order valence-electron chi connectivity index (χ3n) is 2.75. The number of hydrogen-bond acceptors (Lipinski definition) is 3. The maximum atomic E-state index is 12.3. The Hall–Kier alpha value is -0.880. The highest BCUT2D eigenvalue weighted by atomic mass is 79.9. The fourth-order valence-electron chi connectivity index (χ4n) is 1.92. The van der Waals surface area contributed by atoms with Crippen LogP contribution in [-0.2, 0) is 7.05 Å². The van der Waals surface area contributed by atoms with E-state index in [1.165, 1.54) is 0 Å². The van der Waals surface area contributed by atoms with Gasteiger partial charge in [-0.25, -0.2) is 0 Å². The topological polar surface area (TPSA) is 50.2 Å². The van der Waals surface area contributed by atoms with Crippen molar-refractivity contribution >= 4 is 21.8 Å². The van der Waals surface area contributed by atoms with Gasteiger partial charge in [0.15, 0.2) is 0 Å². The number of piperazine rings is 1. The molecule has 1 amide bonds. The number of halogens is 1. The fraction of sp³-hybridized carbons (Fsp3) is 0.600. The number of rotatable bonds is 1. The molecule has 1 aliphatic rings. The molecular weight excluding hydrogens is 272 g/mol. The van der Waals surface area contributed by atoms with Crippen LogP contribution >= 0.6 is 15.9 Å². The normalized spacial score (nSPS) is 21.2. The lowest BCUT2D eigenvalue weighted by Crippen LogP contribution is -2.51. The fourth-order valence-corrected chi connectivity index (χ4v) is 2.44. The predicted molar refractivity (Wildman–Crippen MR) is 64.3 cm³/mol. The molecule has 88 valence electrons. The quantitative estimate of drug-likeness (QED) is 0.823. The Bertz CT molecular complexity index is 384. The summed E-state index contributed by atoms with van der Waals surface area (Å²) < 4.78 is 2.37. The molecule has 0 spiro atoms. The summed E-state index contributed by atoms with van der Waals surface area (Å²) in [5.74, 6) is 0.0419. The summed E-state index contributed by atoms with van der Waals surface area (Å²) in [6.45, 7) is 4.43. The van der Waals surface area contributed by atoms with Gasteiger partial charge in [0.25, 0.3) is 5.91 Å². The molecule has 0 bridgehead atoms. The molecule has 1 aromatic rings. The standard InChI is InChI=1S/C10H15BrN4O/c1-7-6-15(4-3-12-7)10(16)9-8(11)5-13-14(9)2/h5,7,12H,3-4,6H2,1-2H3/t7-/m0/s1. The summed E-state index contributed by atoms with van der Waals surface area (Å²) in [5, 5.41) is 7.37. The monoisotopic (exact) mass is 286 g/mol. The van der Waals surface area contributed by atoms with Gasteiger partial charge in [-0.05, 0) is 22.9 Å². The molecule has 2 heterocycles. The van der Waals surface area contributed by atoms with E-state index in [1.807, 2.05) is 4.90 Å². The minimum absolute atomic E-state index is 0.0419. The molecule has 1 aromatic heterocycles. The van der Waals surface area contributed by atoms with E-state index in [-0.39, 0.29) is 5.91 Å². The number of carbonyl (C=O) groups is 1. The number of nitrogens with one attached hydrogen (secondary N) is 1. The van der Waals surface area contributed by atoms with E-state index < -0.39 is 0 Å². The van der Waals surface area contributed by atoms with Gasteiger partial charge < -0.3 is 10.2 Å². The largest absolute Gasteiger partial charge is 0.334 e. The minimum atomic E-state index is 0.0419. The van der Waals surface area contributed by atoms with Crippen molar-refractivity contribution in [2.24, 2.45) is 7.05 Å². The molecule has 1 atom stereocenters. The molecule has 0 aliphatic carbocycles. The van der Waals surface area contributed by atoms with Crippen molar-refractivity contribution in [3.05, 3.63) is 16.4 Å². The molecule has 0 radical (unpaired) electrons. The zero-order valence-corrected chi connectivity index (χ0v) is 11.0. The summed E-state index contributed by atoms with van der Waals surface area (Å²) >= 11 is 3.35. The highest BCUT2D eigenvalue weighted by Crippen LogP contribution is 2.17. The van der Waals surface area contributed by atoms with Gasteiger partial charge in [-0.15, -0.1) is 0 Å². The number of aryl methyl sites for hydroxylation is 1. The van der Waals surface area contributed by atoms with Crippen LogP contribution in [0.2, 0.25) is 0 Å². The van der Waals surface area contributed by atoms with E-state index in [1.54, 1.807) is 17.9 Å². The Morgan fingerprint density at radius 2 is 2.44 bits per heavy atom. The Kier molecular flexibility index (Phi) is 3.30. The van der Waals surface area contributed by atoms with Crippen LogP contribution in [0.3, 0.4) is 0 Å². The second kappa shape index (κ2) is 4.55. The van der Waals surface area contributed by atoms with Crippen LogP contribution in [0.1, 0.15) is 17.4 Å². The van der Waals surface area contributed by atoms with Crippen molar-refractivity contribution < 1.29 is 4.79 Å². The molecule has 1 saturated heterocycles. The molecule has 16 heavy (non-hydrogen) atoms. The lowest BCUT2D eigenvalue weighted by molar-refractivity contribution is 0.0697. The van der Waals surface area contributed by atoms with E-state index in [2.05, 4.69) is 33.3 Å². The van der Waals surface area contributed by atoms with E-state index in [4.69, 9.17) is 0 Å². The van der Waals surface area contributed by atoms with Gasteiger partial charge in [0, 0.05) is 32.7 Å². The average Bonchev–Trinajstić information content (AvgIpc) is 2.58. The Morgan fingerprint density at radius 1 is 1.69 bits per heavy atom. The zero-order chi connectivity index (χ0) is 11.7. The Labute approximate surface area is 103 Å². The first-order valence-electron chi connectivity index (χ1n) is 5.29. The van der Waals surface area contributed by atoms with E-state index in [9.17, 15) is 4.79 Å². The smallest absolute Gasteiger partial charge is 0.273 e. The first-order chi connectivity index (χ1) is 7.59. The highest BCUT2D eigenvalue weighted by molar-refractivity contribution is 9.10. The maximum Gasteiger partial charge on any atom is 0.273 e. The summed E-state index contributed by atoms with van der Waals surface area (Å²) in [6, 6.07) is 0.352. The maximum absolute atomic E-state index is 12.3. The molecule has 1 fully saturated rings. The zero-order valence-electron chi connectivity index (χ0n) is 9.40. The molecule has 2 rings (SSSR count). The van der Waals surface area contributed by atoms with Crippen molar-refractivity contribution in [1.82, 2.24) is 20.0 Å². The van der Waals surface area contributed by atoms with Crippen molar-refractivity contribution in [1.29, 1.82) is 0 Å². The molecule has 0 saturated carbocycles. The summed E-state index contributed by atoms with van der Waals surface area (Å²) in [6.07, 6.45) is 1.65.